The number of hydrogen-bond acceptors (Lipinski definition) is 4. The fourth-order valence-electron chi connectivity index (χ4n) is 3.36. The fourth-order valence-corrected chi connectivity index (χ4v) is 4.58. The van der Waals surface area contributed by atoms with Crippen molar-refractivity contribution in [3.8, 4) is 11.5 Å². The van der Waals surface area contributed by atoms with Crippen LogP contribution >= 0.6 is 0 Å². The van der Waals surface area contributed by atoms with E-state index in [1.54, 1.807) is 43.5 Å². The first-order chi connectivity index (χ1) is 13.9. The predicted octanol–water partition coefficient (Wildman–Crippen LogP) is 4.19. The number of hydrogen-bond donors (Lipinski definition) is 1. The molecular weight excluding hydrogens is 393 g/mol. The minimum atomic E-state index is -3.81. The van der Waals surface area contributed by atoms with Gasteiger partial charge in [-0.1, -0.05) is 24.3 Å². The Morgan fingerprint density at radius 1 is 1.17 bits per heavy atom. The second-order valence-corrected chi connectivity index (χ2v) is 8.75. The number of rotatable bonds is 6. The van der Waals surface area contributed by atoms with Crippen LogP contribution < -0.4 is 9.46 Å². The average Bonchev–Trinajstić information content (AvgIpc) is 3.15. The number of imidazole rings is 1. The van der Waals surface area contributed by atoms with Gasteiger partial charge in [0.25, 0.3) is 10.0 Å². The number of para-hydroxylation sites is 1. The van der Waals surface area contributed by atoms with Crippen molar-refractivity contribution in [2.45, 2.75) is 43.8 Å². The van der Waals surface area contributed by atoms with Crippen molar-refractivity contribution in [3.05, 3.63) is 71.9 Å². The maximum Gasteiger partial charge on any atom is 0.260 e. The van der Waals surface area contributed by atoms with E-state index < -0.39 is 21.9 Å². The number of nitrogens with zero attached hydrogens (tertiary/aromatic N) is 2. The van der Waals surface area contributed by atoms with Crippen molar-refractivity contribution in [2.24, 2.45) is 0 Å². The largest absolute Gasteiger partial charge is 0.454 e. The van der Waals surface area contributed by atoms with E-state index in [4.69, 9.17) is 4.74 Å². The Kier molecular flexibility index (Phi) is 5.38. The topological polar surface area (TPSA) is 73.2 Å². The van der Waals surface area contributed by atoms with Crippen LogP contribution in [0.15, 0.2) is 59.8 Å². The van der Waals surface area contributed by atoms with Crippen molar-refractivity contribution < 1.29 is 17.5 Å². The molecule has 1 unspecified atom stereocenters. The molecule has 1 aromatic heterocycles. The average molecular weight is 415 g/mol. The number of sulfonamides is 1. The van der Waals surface area contributed by atoms with E-state index >= 15 is 0 Å². The molecule has 1 N–H and O–H groups in total. The standard InChI is InChI=1S/C21H22FN3O3S/c1-15(24-29(26,27)21-14-25-12-6-5-9-20(25)23-21)16-10-11-19(18(22)13-16)28-17-7-3-2-4-8-17/h2-4,7-8,10-11,13-15,24H,5-6,9,12H2,1H3. The van der Waals surface area contributed by atoms with Gasteiger partial charge in [0.15, 0.2) is 16.6 Å². The second-order valence-electron chi connectivity index (χ2n) is 7.09. The van der Waals surface area contributed by atoms with Gasteiger partial charge in [-0.05, 0) is 49.6 Å². The Bertz CT molecular complexity index is 1090. The van der Waals surface area contributed by atoms with Crippen molar-refractivity contribution in [2.75, 3.05) is 0 Å². The molecule has 152 valence electrons. The van der Waals surface area contributed by atoms with E-state index in [1.165, 1.54) is 12.1 Å². The smallest absolute Gasteiger partial charge is 0.260 e. The Morgan fingerprint density at radius 2 is 1.97 bits per heavy atom. The lowest BCUT2D eigenvalue weighted by molar-refractivity contribution is 0.441. The number of halogens is 1. The molecule has 0 aliphatic carbocycles. The van der Waals surface area contributed by atoms with E-state index in [-0.39, 0.29) is 10.8 Å². The highest BCUT2D eigenvalue weighted by Crippen LogP contribution is 2.27. The maximum absolute atomic E-state index is 14.5. The van der Waals surface area contributed by atoms with Crippen molar-refractivity contribution >= 4 is 10.0 Å². The molecule has 0 radical (unpaired) electrons. The summed E-state index contributed by atoms with van der Waals surface area (Å²) in [5.74, 6) is 0.834. The first-order valence-electron chi connectivity index (χ1n) is 9.53. The lowest BCUT2D eigenvalue weighted by atomic mass is 10.1. The van der Waals surface area contributed by atoms with Crippen LogP contribution in [0, 0.1) is 5.82 Å². The monoisotopic (exact) mass is 415 g/mol. The zero-order valence-corrected chi connectivity index (χ0v) is 16.8. The van der Waals surface area contributed by atoms with Crippen LogP contribution in [0.3, 0.4) is 0 Å². The summed E-state index contributed by atoms with van der Waals surface area (Å²) in [6.07, 6.45) is 4.38. The molecule has 0 saturated heterocycles. The van der Waals surface area contributed by atoms with Crippen LogP contribution in [0.25, 0.3) is 0 Å². The number of aromatic nitrogens is 2. The lowest BCUT2D eigenvalue weighted by Gasteiger charge is -2.15. The summed E-state index contributed by atoms with van der Waals surface area (Å²) >= 11 is 0. The molecule has 2 aromatic carbocycles. The number of fused-ring (bicyclic) bond motifs is 1. The maximum atomic E-state index is 14.5. The predicted molar refractivity (Wildman–Crippen MR) is 107 cm³/mol. The molecule has 0 amide bonds. The van der Waals surface area contributed by atoms with Gasteiger partial charge in [0.1, 0.15) is 11.6 Å². The van der Waals surface area contributed by atoms with E-state index in [1.807, 2.05) is 10.6 Å². The zero-order chi connectivity index (χ0) is 20.4. The molecule has 1 aliphatic heterocycles. The van der Waals surface area contributed by atoms with Crippen molar-refractivity contribution in [1.29, 1.82) is 0 Å². The summed E-state index contributed by atoms with van der Waals surface area (Å²) in [6, 6.07) is 12.7. The molecule has 0 bridgehead atoms. The molecule has 4 rings (SSSR count). The molecule has 1 atom stereocenters. The molecular formula is C21H22FN3O3S. The second kappa shape index (κ2) is 7.96. The first-order valence-corrected chi connectivity index (χ1v) is 11.0. The Labute approximate surface area is 169 Å². The lowest BCUT2D eigenvalue weighted by Crippen LogP contribution is -2.27. The van der Waals surface area contributed by atoms with Crippen LogP contribution in [0.4, 0.5) is 4.39 Å². The quantitative estimate of drug-likeness (QED) is 0.655. The third kappa shape index (κ3) is 4.33. The fraction of sp³-hybridized carbons (Fsp3) is 0.286. The summed E-state index contributed by atoms with van der Waals surface area (Å²) < 4.78 is 49.9. The molecule has 2 heterocycles. The summed E-state index contributed by atoms with van der Waals surface area (Å²) in [4.78, 5) is 4.27. The molecule has 0 spiro atoms. The van der Waals surface area contributed by atoms with E-state index in [0.717, 1.165) is 31.6 Å². The number of benzene rings is 2. The van der Waals surface area contributed by atoms with Gasteiger partial charge in [-0.15, -0.1) is 0 Å². The first kappa shape index (κ1) is 19.6. The normalized spacial score (nSPS) is 15.0. The summed E-state index contributed by atoms with van der Waals surface area (Å²) in [7, 11) is -3.81. The van der Waals surface area contributed by atoms with Gasteiger partial charge in [0, 0.05) is 25.2 Å². The van der Waals surface area contributed by atoms with Gasteiger partial charge in [-0.2, -0.15) is 0 Å². The molecule has 0 saturated carbocycles. The van der Waals surface area contributed by atoms with Gasteiger partial charge in [-0.3, -0.25) is 0 Å². The van der Waals surface area contributed by atoms with Gasteiger partial charge in [-0.25, -0.2) is 22.5 Å². The number of ether oxygens (including phenoxy) is 1. The highest BCUT2D eigenvalue weighted by atomic mass is 32.2. The number of nitrogens with one attached hydrogen (secondary N) is 1. The molecule has 8 heteroatoms. The zero-order valence-electron chi connectivity index (χ0n) is 16.0. The molecule has 6 nitrogen and oxygen atoms in total. The van der Waals surface area contributed by atoms with E-state index in [0.29, 0.717) is 11.3 Å². The van der Waals surface area contributed by atoms with Crippen molar-refractivity contribution in [1.82, 2.24) is 14.3 Å². The highest BCUT2D eigenvalue weighted by Gasteiger charge is 2.24. The highest BCUT2D eigenvalue weighted by molar-refractivity contribution is 7.89. The van der Waals surface area contributed by atoms with Crippen LogP contribution in [0.2, 0.25) is 0 Å². The molecule has 3 aromatic rings. The Morgan fingerprint density at radius 3 is 2.69 bits per heavy atom. The van der Waals surface area contributed by atoms with Crippen LogP contribution in [0.1, 0.15) is 37.2 Å². The Balaban J connectivity index is 1.49. The third-order valence-corrected chi connectivity index (χ3v) is 6.33. The van der Waals surface area contributed by atoms with Crippen LogP contribution in [0.5, 0.6) is 11.5 Å². The minimum Gasteiger partial charge on any atom is -0.454 e. The van der Waals surface area contributed by atoms with E-state index in [9.17, 15) is 12.8 Å². The van der Waals surface area contributed by atoms with Gasteiger partial charge in [0.2, 0.25) is 0 Å². The van der Waals surface area contributed by atoms with Crippen LogP contribution in [-0.2, 0) is 23.0 Å². The summed E-state index contributed by atoms with van der Waals surface area (Å²) in [5, 5.41) is 0.00533. The summed E-state index contributed by atoms with van der Waals surface area (Å²) in [5.41, 5.74) is 0.496. The minimum absolute atomic E-state index is 0.00533. The third-order valence-electron chi connectivity index (χ3n) is 4.92. The van der Waals surface area contributed by atoms with Crippen LogP contribution in [-0.4, -0.2) is 18.0 Å². The summed E-state index contributed by atoms with van der Waals surface area (Å²) in [6.45, 7) is 2.45. The molecule has 29 heavy (non-hydrogen) atoms. The SMILES string of the molecule is CC(NS(=O)(=O)c1cn2c(n1)CCCC2)c1ccc(Oc2ccccc2)c(F)c1. The van der Waals surface area contributed by atoms with Gasteiger partial charge >= 0.3 is 0 Å². The van der Waals surface area contributed by atoms with Gasteiger partial charge < -0.3 is 9.30 Å². The Hall–Kier alpha value is -2.71. The molecule has 1 aliphatic rings. The van der Waals surface area contributed by atoms with E-state index in [2.05, 4.69) is 9.71 Å². The van der Waals surface area contributed by atoms with Gasteiger partial charge in [0.05, 0.1) is 0 Å². The molecule has 0 fully saturated rings. The number of aryl methyl sites for hydroxylation is 2. The van der Waals surface area contributed by atoms with Crippen molar-refractivity contribution in [3.63, 3.8) is 0 Å².